The summed E-state index contributed by atoms with van der Waals surface area (Å²) in [6.07, 6.45) is 2.14. The predicted molar refractivity (Wildman–Crippen MR) is 112 cm³/mol. The average Bonchev–Trinajstić information content (AvgIpc) is 3.34. The molecule has 1 atom stereocenters. The van der Waals surface area contributed by atoms with E-state index in [9.17, 15) is 14.0 Å². The summed E-state index contributed by atoms with van der Waals surface area (Å²) >= 11 is 0. The van der Waals surface area contributed by atoms with Crippen LogP contribution in [0.25, 0.3) is 5.69 Å². The maximum atomic E-state index is 14.5. The van der Waals surface area contributed by atoms with Crippen LogP contribution >= 0.6 is 0 Å². The number of benzene rings is 1. The molecule has 2 aromatic heterocycles. The Morgan fingerprint density at radius 3 is 2.61 bits per heavy atom. The second kappa shape index (κ2) is 7.90. The van der Waals surface area contributed by atoms with Gasteiger partial charge >= 0.3 is 0 Å². The van der Waals surface area contributed by atoms with Crippen LogP contribution in [0, 0.1) is 26.6 Å². The highest BCUT2D eigenvalue weighted by Gasteiger charge is 2.30. The van der Waals surface area contributed by atoms with Crippen LogP contribution in [0.2, 0.25) is 0 Å². The summed E-state index contributed by atoms with van der Waals surface area (Å²) in [6.45, 7) is 6.37. The molecular formula is C22H23FN6O2. The van der Waals surface area contributed by atoms with Crippen molar-refractivity contribution in [3.63, 3.8) is 0 Å². The lowest BCUT2D eigenvalue weighted by Gasteiger charge is -2.17. The fourth-order valence-electron chi connectivity index (χ4n) is 3.94. The molecule has 0 spiro atoms. The molecule has 0 radical (unpaired) electrons. The van der Waals surface area contributed by atoms with E-state index < -0.39 is 11.7 Å². The van der Waals surface area contributed by atoms with Crippen molar-refractivity contribution in [2.45, 2.75) is 33.1 Å². The number of nitrogens with two attached hydrogens (primary N) is 1. The van der Waals surface area contributed by atoms with Gasteiger partial charge in [0, 0.05) is 36.5 Å². The van der Waals surface area contributed by atoms with Gasteiger partial charge < -0.3 is 10.6 Å². The van der Waals surface area contributed by atoms with Crippen molar-refractivity contribution < 1.29 is 14.0 Å². The molecule has 0 bridgehead atoms. The molecule has 2 amide bonds. The number of amides is 2. The third kappa shape index (κ3) is 3.90. The second-order valence-electron chi connectivity index (χ2n) is 7.83. The Bertz CT molecular complexity index is 1190. The zero-order valence-electron chi connectivity index (χ0n) is 17.6. The number of likely N-dealkylation sites (tertiary alicyclic amines) is 1. The topological polar surface area (TPSA) is 107 Å². The molecule has 3 aromatic rings. The van der Waals surface area contributed by atoms with Crippen molar-refractivity contribution in [3.05, 3.63) is 70.3 Å². The fraction of sp³-hybridized carbons (Fsp3) is 0.318. The van der Waals surface area contributed by atoms with Crippen LogP contribution in [-0.4, -0.2) is 49.6 Å². The zero-order chi connectivity index (χ0) is 22.3. The number of carbonyl (C=O) groups excluding carboxylic acids is 2. The number of carbonyl (C=O) groups is 2. The van der Waals surface area contributed by atoms with E-state index in [1.54, 1.807) is 11.8 Å². The predicted octanol–water partition coefficient (Wildman–Crippen LogP) is 2.46. The Hall–Kier alpha value is -3.62. The lowest BCUT2D eigenvalue weighted by molar-refractivity contribution is 0.0790. The van der Waals surface area contributed by atoms with Gasteiger partial charge in [-0.05, 0) is 51.5 Å². The van der Waals surface area contributed by atoms with Gasteiger partial charge in [-0.1, -0.05) is 0 Å². The van der Waals surface area contributed by atoms with E-state index in [1.807, 2.05) is 19.9 Å². The van der Waals surface area contributed by atoms with E-state index in [4.69, 9.17) is 5.73 Å². The van der Waals surface area contributed by atoms with Crippen LogP contribution in [0.4, 0.5) is 4.39 Å². The van der Waals surface area contributed by atoms with Crippen molar-refractivity contribution in [2.75, 3.05) is 13.1 Å². The van der Waals surface area contributed by atoms with Gasteiger partial charge in [0.15, 0.2) is 0 Å². The standard InChI is InChI=1S/C22H23FN6O2/c1-12-8-13(2)29(27-12)19-9-15(4-5-18(19)23)22(31)28-7-6-16(11-28)21-25-10-17(20(24)30)14(3)26-21/h4-5,8-10,16H,6-7,11H2,1-3H3,(H2,24,30)/t16-/m1/s1. The number of aryl methyl sites for hydroxylation is 3. The van der Waals surface area contributed by atoms with Gasteiger partial charge in [0.05, 0.1) is 17.0 Å². The molecule has 31 heavy (non-hydrogen) atoms. The average molecular weight is 422 g/mol. The number of rotatable bonds is 4. The third-order valence-corrected chi connectivity index (χ3v) is 5.53. The first-order valence-electron chi connectivity index (χ1n) is 10.0. The Balaban J connectivity index is 1.55. The minimum Gasteiger partial charge on any atom is -0.365 e. The largest absolute Gasteiger partial charge is 0.365 e. The SMILES string of the molecule is Cc1cc(C)n(-c2cc(C(=O)N3CC[C@@H](c4ncc(C(N)=O)c(C)n4)C3)ccc2F)n1. The first-order valence-corrected chi connectivity index (χ1v) is 10.0. The van der Waals surface area contributed by atoms with E-state index in [-0.39, 0.29) is 23.1 Å². The second-order valence-corrected chi connectivity index (χ2v) is 7.83. The van der Waals surface area contributed by atoms with E-state index in [0.717, 1.165) is 11.4 Å². The molecule has 1 saturated heterocycles. The molecule has 160 valence electrons. The van der Waals surface area contributed by atoms with Crippen molar-refractivity contribution >= 4 is 11.8 Å². The first kappa shape index (κ1) is 20.6. The molecule has 1 aliphatic heterocycles. The van der Waals surface area contributed by atoms with Crippen molar-refractivity contribution in [1.82, 2.24) is 24.6 Å². The highest BCUT2D eigenvalue weighted by atomic mass is 19.1. The molecule has 1 aliphatic rings. The molecule has 0 aliphatic carbocycles. The molecule has 0 saturated carbocycles. The molecule has 2 N–H and O–H groups in total. The summed E-state index contributed by atoms with van der Waals surface area (Å²) < 4.78 is 16.0. The van der Waals surface area contributed by atoms with E-state index in [1.165, 1.54) is 29.1 Å². The van der Waals surface area contributed by atoms with Crippen LogP contribution in [0.5, 0.6) is 0 Å². The summed E-state index contributed by atoms with van der Waals surface area (Å²) in [4.78, 5) is 34.9. The zero-order valence-corrected chi connectivity index (χ0v) is 17.6. The number of primary amides is 1. The Morgan fingerprint density at radius 2 is 1.97 bits per heavy atom. The maximum absolute atomic E-state index is 14.5. The molecule has 8 nitrogen and oxygen atoms in total. The molecule has 1 aromatic carbocycles. The molecule has 0 unspecified atom stereocenters. The molecule has 3 heterocycles. The molecule has 4 rings (SSSR count). The highest BCUT2D eigenvalue weighted by molar-refractivity contribution is 5.95. The van der Waals surface area contributed by atoms with Gasteiger partial charge in [-0.15, -0.1) is 0 Å². The van der Waals surface area contributed by atoms with Gasteiger partial charge in [0.2, 0.25) is 0 Å². The first-order chi connectivity index (χ1) is 14.7. The van der Waals surface area contributed by atoms with Gasteiger partial charge in [-0.25, -0.2) is 19.0 Å². The van der Waals surface area contributed by atoms with Crippen LogP contribution in [0.1, 0.15) is 56.0 Å². The van der Waals surface area contributed by atoms with Gasteiger partial charge in [0.1, 0.15) is 17.3 Å². The van der Waals surface area contributed by atoms with E-state index in [0.29, 0.717) is 36.6 Å². The van der Waals surface area contributed by atoms with Crippen LogP contribution in [0.3, 0.4) is 0 Å². The number of aromatic nitrogens is 4. The molecule has 1 fully saturated rings. The monoisotopic (exact) mass is 422 g/mol. The van der Waals surface area contributed by atoms with Crippen LogP contribution < -0.4 is 5.73 Å². The summed E-state index contributed by atoms with van der Waals surface area (Å²) in [5, 5.41) is 4.32. The lowest BCUT2D eigenvalue weighted by atomic mass is 10.1. The maximum Gasteiger partial charge on any atom is 0.253 e. The number of hydrogen-bond donors (Lipinski definition) is 1. The van der Waals surface area contributed by atoms with Gasteiger partial charge in [0.25, 0.3) is 11.8 Å². The van der Waals surface area contributed by atoms with Gasteiger partial charge in [-0.2, -0.15) is 5.10 Å². The minimum atomic E-state index is -0.568. The highest BCUT2D eigenvalue weighted by Crippen LogP contribution is 2.27. The quantitative estimate of drug-likeness (QED) is 0.695. The van der Waals surface area contributed by atoms with Crippen molar-refractivity contribution in [2.24, 2.45) is 5.73 Å². The van der Waals surface area contributed by atoms with Gasteiger partial charge in [-0.3, -0.25) is 9.59 Å². The Kier molecular flexibility index (Phi) is 5.26. The number of nitrogens with zero attached hydrogens (tertiary/aromatic N) is 5. The van der Waals surface area contributed by atoms with Crippen LogP contribution in [0.15, 0.2) is 30.5 Å². The summed E-state index contributed by atoms with van der Waals surface area (Å²) in [5.74, 6) is -0.654. The smallest absolute Gasteiger partial charge is 0.253 e. The fourth-order valence-corrected chi connectivity index (χ4v) is 3.94. The summed E-state index contributed by atoms with van der Waals surface area (Å²) in [6, 6.07) is 6.17. The molecular weight excluding hydrogens is 399 g/mol. The third-order valence-electron chi connectivity index (χ3n) is 5.53. The number of halogens is 1. The van der Waals surface area contributed by atoms with E-state index >= 15 is 0 Å². The summed E-state index contributed by atoms with van der Waals surface area (Å²) in [5.41, 5.74) is 8.32. The van der Waals surface area contributed by atoms with Crippen LogP contribution in [-0.2, 0) is 0 Å². The minimum absolute atomic E-state index is 0.0412. The normalized spacial score (nSPS) is 16.0. The molecule has 9 heteroatoms. The lowest BCUT2D eigenvalue weighted by Crippen LogP contribution is -2.29. The Morgan fingerprint density at radius 1 is 1.19 bits per heavy atom. The van der Waals surface area contributed by atoms with Crippen molar-refractivity contribution in [3.8, 4) is 5.69 Å². The Labute approximate surface area is 178 Å². The van der Waals surface area contributed by atoms with Crippen molar-refractivity contribution in [1.29, 1.82) is 0 Å². The number of hydrogen-bond acceptors (Lipinski definition) is 5. The summed E-state index contributed by atoms with van der Waals surface area (Å²) in [7, 11) is 0. The van der Waals surface area contributed by atoms with E-state index in [2.05, 4.69) is 15.1 Å².